The van der Waals surface area contributed by atoms with Gasteiger partial charge in [0, 0.05) is 44.2 Å². The predicted octanol–water partition coefficient (Wildman–Crippen LogP) is 2.24. The summed E-state index contributed by atoms with van der Waals surface area (Å²) in [6.45, 7) is 7.51. The van der Waals surface area contributed by atoms with Crippen LogP contribution in [0.25, 0.3) is 10.9 Å². The first-order valence-electron chi connectivity index (χ1n) is 8.26. The van der Waals surface area contributed by atoms with Crippen LogP contribution in [-0.4, -0.2) is 40.4 Å². The lowest BCUT2D eigenvalue weighted by Crippen LogP contribution is -2.51. The lowest BCUT2D eigenvalue weighted by atomic mass is 10.1. The van der Waals surface area contributed by atoms with E-state index in [1.54, 1.807) is 0 Å². The third kappa shape index (κ3) is 2.47. The summed E-state index contributed by atoms with van der Waals surface area (Å²) in [5, 5.41) is 9.76. The summed E-state index contributed by atoms with van der Waals surface area (Å²) in [6, 6.07) is 9.36. The highest BCUT2D eigenvalue weighted by molar-refractivity contribution is 5.81. The van der Waals surface area contributed by atoms with Crippen LogP contribution in [0.5, 0.6) is 0 Å². The van der Waals surface area contributed by atoms with Crippen LogP contribution in [0.3, 0.4) is 0 Å². The SMILES string of the molecule is CCn1nc(CN2CCNCC2C2CC2)c2ccccc21. The molecule has 1 saturated heterocycles. The second-order valence-corrected chi connectivity index (χ2v) is 6.36. The predicted molar refractivity (Wildman–Crippen MR) is 85.2 cm³/mol. The van der Waals surface area contributed by atoms with E-state index in [0.717, 1.165) is 38.6 Å². The molecule has 4 heteroatoms. The molecule has 21 heavy (non-hydrogen) atoms. The molecule has 4 rings (SSSR count). The van der Waals surface area contributed by atoms with E-state index in [4.69, 9.17) is 5.10 Å². The maximum absolute atomic E-state index is 4.87. The first-order valence-corrected chi connectivity index (χ1v) is 8.26. The fourth-order valence-electron chi connectivity index (χ4n) is 3.66. The average molecular weight is 284 g/mol. The van der Waals surface area contributed by atoms with Crippen LogP contribution in [0.1, 0.15) is 25.5 Å². The summed E-state index contributed by atoms with van der Waals surface area (Å²) in [6.07, 6.45) is 2.82. The van der Waals surface area contributed by atoms with Gasteiger partial charge in [-0.1, -0.05) is 18.2 Å². The molecule has 1 unspecified atom stereocenters. The first kappa shape index (κ1) is 13.3. The number of fused-ring (bicyclic) bond motifs is 1. The monoisotopic (exact) mass is 284 g/mol. The number of hydrogen-bond donors (Lipinski definition) is 1. The molecule has 1 saturated carbocycles. The molecular formula is C17H24N4. The van der Waals surface area contributed by atoms with Crippen LogP contribution in [-0.2, 0) is 13.1 Å². The van der Waals surface area contributed by atoms with E-state index in [1.165, 1.54) is 29.4 Å². The van der Waals surface area contributed by atoms with Crippen molar-refractivity contribution in [2.75, 3.05) is 19.6 Å². The minimum Gasteiger partial charge on any atom is -0.314 e. The van der Waals surface area contributed by atoms with Crippen molar-refractivity contribution in [2.24, 2.45) is 5.92 Å². The minimum atomic E-state index is 0.712. The fraction of sp³-hybridized carbons (Fsp3) is 0.588. The molecular weight excluding hydrogens is 260 g/mol. The molecule has 0 radical (unpaired) electrons. The minimum absolute atomic E-state index is 0.712. The fourth-order valence-corrected chi connectivity index (χ4v) is 3.66. The number of nitrogens with zero attached hydrogens (tertiary/aromatic N) is 3. The average Bonchev–Trinajstić information content (AvgIpc) is 3.31. The summed E-state index contributed by atoms with van der Waals surface area (Å²) in [4.78, 5) is 2.66. The normalized spacial score (nSPS) is 23.8. The van der Waals surface area contributed by atoms with Gasteiger partial charge in [0.05, 0.1) is 11.2 Å². The van der Waals surface area contributed by atoms with Crippen LogP contribution >= 0.6 is 0 Å². The van der Waals surface area contributed by atoms with Gasteiger partial charge >= 0.3 is 0 Å². The van der Waals surface area contributed by atoms with Crippen molar-refractivity contribution in [1.82, 2.24) is 20.0 Å². The number of aromatic nitrogens is 2. The molecule has 2 fully saturated rings. The molecule has 1 N–H and O–H groups in total. The summed E-state index contributed by atoms with van der Waals surface area (Å²) < 4.78 is 2.14. The lowest BCUT2D eigenvalue weighted by molar-refractivity contribution is 0.134. The maximum atomic E-state index is 4.87. The van der Waals surface area contributed by atoms with Crippen LogP contribution in [0.15, 0.2) is 24.3 Å². The van der Waals surface area contributed by atoms with E-state index in [-0.39, 0.29) is 0 Å². The largest absolute Gasteiger partial charge is 0.314 e. The highest BCUT2D eigenvalue weighted by atomic mass is 15.3. The van der Waals surface area contributed by atoms with E-state index >= 15 is 0 Å². The molecule has 1 aliphatic heterocycles. The van der Waals surface area contributed by atoms with Gasteiger partial charge in [-0.25, -0.2) is 0 Å². The van der Waals surface area contributed by atoms with Crippen LogP contribution in [0, 0.1) is 5.92 Å². The molecule has 1 aromatic heterocycles. The van der Waals surface area contributed by atoms with E-state index in [9.17, 15) is 0 Å². The summed E-state index contributed by atoms with van der Waals surface area (Å²) in [7, 11) is 0. The Labute approximate surface area is 126 Å². The number of nitrogens with one attached hydrogen (secondary N) is 1. The Morgan fingerprint density at radius 1 is 1.29 bits per heavy atom. The second-order valence-electron chi connectivity index (χ2n) is 6.36. The Morgan fingerprint density at radius 2 is 2.14 bits per heavy atom. The van der Waals surface area contributed by atoms with E-state index in [2.05, 4.69) is 46.1 Å². The molecule has 1 atom stereocenters. The van der Waals surface area contributed by atoms with Crippen LogP contribution in [0.4, 0.5) is 0 Å². The molecule has 4 nitrogen and oxygen atoms in total. The van der Waals surface area contributed by atoms with Gasteiger partial charge in [0.2, 0.25) is 0 Å². The van der Waals surface area contributed by atoms with Crippen molar-refractivity contribution in [1.29, 1.82) is 0 Å². The number of benzene rings is 1. The van der Waals surface area contributed by atoms with Gasteiger partial charge in [-0.05, 0) is 31.7 Å². The van der Waals surface area contributed by atoms with Gasteiger partial charge in [0.15, 0.2) is 0 Å². The molecule has 1 aliphatic carbocycles. The van der Waals surface area contributed by atoms with E-state index < -0.39 is 0 Å². The Bertz CT molecular complexity index is 629. The molecule has 0 bridgehead atoms. The van der Waals surface area contributed by atoms with Crippen molar-refractivity contribution in [3.05, 3.63) is 30.0 Å². The van der Waals surface area contributed by atoms with Gasteiger partial charge in [-0.15, -0.1) is 0 Å². The number of piperazine rings is 1. The third-order valence-corrected chi connectivity index (χ3v) is 4.95. The molecule has 1 aromatic carbocycles. The van der Waals surface area contributed by atoms with Crippen LogP contribution < -0.4 is 5.32 Å². The molecule has 2 heterocycles. The molecule has 2 aliphatic rings. The number of aryl methyl sites for hydroxylation is 1. The summed E-state index contributed by atoms with van der Waals surface area (Å²) in [5.74, 6) is 0.914. The topological polar surface area (TPSA) is 33.1 Å². The molecule has 2 aromatic rings. The van der Waals surface area contributed by atoms with Gasteiger partial charge < -0.3 is 5.32 Å². The maximum Gasteiger partial charge on any atom is 0.0843 e. The number of para-hydroxylation sites is 1. The Hall–Kier alpha value is -1.39. The highest BCUT2D eigenvalue weighted by Crippen LogP contribution is 2.36. The van der Waals surface area contributed by atoms with Gasteiger partial charge in [0.25, 0.3) is 0 Å². The summed E-state index contributed by atoms with van der Waals surface area (Å²) in [5.41, 5.74) is 2.52. The second kappa shape index (κ2) is 5.43. The zero-order chi connectivity index (χ0) is 14.2. The lowest BCUT2D eigenvalue weighted by Gasteiger charge is -2.36. The van der Waals surface area contributed by atoms with Crippen molar-refractivity contribution in [3.8, 4) is 0 Å². The quantitative estimate of drug-likeness (QED) is 0.935. The first-order chi connectivity index (χ1) is 10.4. The highest BCUT2D eigenvalue weighted by Gasteiger charge is 2.36. The van der Waals surface area contributed by atoms with Crippen molar-refractivity contribution < 1.29 is 0 Å². The van der Waals surface area contributed by atoms with Crippen molar-refractivity contribution in [3.63, 3.8) is 0 Å². The van der Waals surface area contributed by atoms with Crippen molar-refractivity contribution >= 4 is 10.9 Å². The Kier molecular flexibility index (Phi) is 3.43. The Balaban J connectivity index is 1.63. The number of hydrogen-bond acceptors (Lipinski definition) is 3. The molecule has 112 valence electrons. The standard InChI is InChI=1S/C17H24N4/c1-2-21-16-6-4-3-5-14(16)15(19-21)12-20-10-9-18-11-17(20)13-7-8-13/h3-6,13,17-18H,2,7-12H2,1H3. The smallest absolute Gasteiger partial charge is 0.0843 e. The zero-order valence-corrected chi connectivity index (χ0v) is 12.8. The van der Waals surface area contributed by atoms with Crippen molar-refractivity contribution in [2.45, 2.75) is 38.9 Å². The summed E-state index contributed by atoms with van der Waals surface area (Å²) >= 11 is 0. The number of rotatable bonds is 4. The van der Waals surface area contributed by atoms with E-state index in [0.29, 0.717) is 6.04 Å². The molecule has 0 amide bonds. The Morgan fingerprint density at radius 3 is 2.95 bits per heavy atom. The van der Waals surface area contributed by atoms with Crippen LogP contribution in [0.2, 0.25) is 0 Å². The zero-order valence-electron chi connectivity index (χ0n) is 12.8. The van der Waals surface area contributed by atoms with Gasteiger partial charge in [-0.3, -0.25) is 9.58 Å². The van der Waals surface area contributed by atoms with Gasteiger partial charge in [0.1, 0.15) is 0 Å². The third-order valence-electron chi connectivity index (χ3n) is 4.95. The van der Waals surface area contributed by atoms with E-state index in [1.807, 2.05) is 0 Å². The van der Waals surface area contributed by atoms with Gasteiger partial charge in [-0.2, -0.15) is 5.10 Å². The molecule has 0 spiro atoms.